The van der Waals surface area contributed by atoms with Gasteiger partial charge in [-0.2, -0.15) is 0 Å². The van der Waals surface area contributed by atoms with Crippen molar-refractivity contribution >= 4 is 5.91 Å². The van der Waals surface area contributed by atoms with Crippen LogP contribution in [0.1, 0.15) is 5.56 Å². The number of hydrogen-bond donors (Lipinski definition) is 3. The van der Waals surface area contributed by atoms with Gasteiger partial charge in [-0.15, -0.1) is 0 Å². The smallest absolute Gasteiger partial charge is 0.221 e. The molecule has 1 amide bonds. The Morgan fingerprint density at radius 1 is 1.38 bits per heavy atom. The van der Waals surface area contributed by atoms with Gasteiger partial charge in [0.15, 0.2) is 0 Å². The molecule has 0 radical (unpaired) electrons. The predicted octanol–water partition coefficient (Wildman–Crippen LogP) is -0.587. The van der Waals surface area contributed by atoms with Crippen LogP contribution < -0.4 is 16.2 Å². The van der Waals surface area contributed by atoms with Crippen LogP contribution in [-0.2, 0) is 11.2 Å². The van der Waals surface area contributed by atoms with Crippen molar-refractivity contribution in [2.45, 2.75) is 12.5 Å². The lowest BCUT2D eigenvalue weighted by atomic mass is 10.1. The average Bonchev–Trinajstić information content (AvgIpc) is 2.27. The first-order chi connectivity index (χ1) is 7.61. The maximum atomic E-state index is 10.7. The zero-order valence-corrected chi connectivity index (χ0v) is 8.93. The van der Waals surface area contributed by atoms with E-state index in [4.69, 9.17) is 16.2 Å². The number of amides is 1. The van der Waals surface area contributed by atoms with E-state index in [2.05, 4.69) is 0 Å². The fourth-order valence-electron chi connectivity index (χ4n) is 1.17. The molecule has 5 nitrogen and oxygen atoms in total. The number of ether oxygens (including phenoxy) is 1. The van der Waals surface area contributed by atoms with Crippen LogP contribution in [0.3, 0.4) is 0 Å². The van der Waals surface area contributed by atoms with E-state index in [1.165, 1.54) is 0 Å². The summed E-state index contributed by atoms with van der Waals surface area (Å²) < 4.78 is 5.27. The summed E-state index contributed by atoms with van der Waals surface area (Å²) in [4.78, 5) is 10.7. The Balaban J connectivity index is 2.48. The van der Waals surface area contributed by atoms with Crippen molar-refractivity contribution in [2.24, 2.45) is 11.5 Å². The predicted molar refractivity (Wildman–Crippen MR) is 59.9 cm³/mol. The van der Waals surface area contributed by atoms with E-state index in [1.54, 1.807) is 24.3 Å². The molecule has 1 atom stereocenters. The Labute approximate surface area is 94.0 Å². The quantitative estimate of drug-likeness (QED) is 0.601. The first kappa shape index (κ1) is 12.5. The highest BCUT2D eigenvalue weighted by atomic mass is 16.5. The molecule has 0 aliphatic carbocycles. The minimum atomic E-state index is -0.662. The number of nitrogens with two attached hydrogens (primary N) is 2. The third-order valence-electron chi connectivity index (χ3n) is 2.02. The van der Waals surface area contributed by atoms with Gasteiger partial charge >= 0.3 is 0 Å². The molecule has 5 N–H and O–H groups in total. The normalized spacial score (nSPS) is 12.1. The van der Waals surface area contributed by atoms with Crippen LogP contribution in [0.25, 0.3) is 0 Å². The van der Waals surface area contributed by atoms with Crippen molar-refractivity contribution in [1.29, 1.82) is 0 Å². The topological polar surface area (TPSA) is 98.6 Å². The number of aliphatic hydroxyl groups is 1. The van der Waals surface area contributed by atoms with Gasteiger partial charge in [-0.3, -0.25) is 4.79 Å². The molecule has 88 valence electrons. The van der Waals surface area contributed by atoms with Gasteiger partial charge in [0.1, 0.15) is 18.5 Å². The average molecular weight is 224 g/mol. The molecule has 0 aromatic heterocycles. The molecule has 1 unspecified atom stereocenters. The van der Waals surface area contributed by atoms with Crippen LogP contribution in [0.5, 0.6) is 5.75 Å². The van der Waals surface area contributed by atoms with Crippen molar-refractivity contribution in [3.05, 3.63) is 29.8 Å². The lowest BCUT2D eigenvalue weighted by Crippen LogP contribution is -2.26. The standard InChI is InChI=1S/C11H16N2O3/c12-6-9(14)7-16-10-3-1-8(2-4-10)5-11(13)15/h1-4,9,14H,5-7,12H2,(H2,13,15). The Morgan fingerprint density at radius 3 is 2.50 bits per heavy atom. The molecular weight excluding hydrogens is 208 g/mol. The van der Waals surface area contributed by atoms with Crippen LogP contribution >= 0.6 is 0 Å². The number of benzene rings is 1. The number of hydrogen-bond acceptors (Lipinski definition) is 4. The van der Waals surface area contributed by atoms with Crippen molar-refractivity contribution in [3.63, 3.8) is 0 Å². The molecule has 1 aromatic carbocycles. The van der Waals surface area contributed by atoms with Gasteiger partial charge in [0.05, 0.1) is 6.42 Å². The molecule has 1 rings (SSSR count). The van der Waals surface area contributed by atoms with Gasteiger partial charge in [0.25, 0.3) is 0 Å². The first-order valence-corrected chi connectivity index (χ1v) is 5.00. The second-order valence-corrected chi connectivity index (χ2v) is 3.49. The van der Waals surface area contributed by atoms with Crippen molar-refractivity contribution in [1.82, 2.24) is 0 Å². The third kappa shape index (κ3) is 4.29. The highest BCUT2D eigenvalue weighted by Gasteiger charge is 2.03. The second-order valence-electron chi connectivity index (χ2n) is 3.49. The summed E-state index contributed by atoms with van der Waals surface area (Å²) in [6.07, 6.45) is -0.448. The summed E-state index contributed by atoms with van der Waals surface area (Å²) in [6, 6.07) is 6.97. The molecule has 0 heterocycles. The third-order valence-corrected chi connectivity index (χ3v) is 2.02. The molecule has 16 heavy (non-hydrogen) atoms. The largest absolute Gasteiger partial charge is 0.491 e. The van der Waals surface area contributed by atoms with Crippen molar-refractivity contribution < 1.29 is 14.6 Å². The van der Waals surface area contributed by atoms with E-state index in [9.17, 15) is 9.90 Å². The zero-order valence-electron chi connectivity index (χ0n) is 8.93. The van der Waals surface area contributed by atoms with Crippen molar-refractivity contribution in [2.75, 3.05) is 13.2 Å². The SMILES string of the molecule is NCC(O)COc1ccc(CC(N)=O)cc1. The Hall–Kier alpha value is -1.59. The van der Waals surface area contributed by atoms with Gasteiger partial charge < -0.3 is 21.3 Å². The van der Waals surface area contributed by atoms with E-state index in [1.807, 2.05) is 0 Å². The van der Waals surface area contributed by atoms with Gasteiger partial charge in [-0.1, -0.05) is 12.1 Å². The lowest BCUT2D eigenvalue weighted by molar-refractivity contribution is -0.117. The number of carbonyl (C=O) groups is 1. The fraction of sp³-hybridized carbons (Fsp3) is 0.364. The first-order valence-electron chi connectivity index (χ1n) is 5.00. The Kier molecular flexibility index (Phi) is 4.75. The van der Waals surface area contributed by atoms with Crippen LogP contribution in [-0.4, -0.2) is 30.3 Å². The monoisotopic (exact) mass is 224 g/mol. The molecular formula is C11H16N2O3. The fourth-order valence-corrected chi connectivity index (χ4v) is 1.17. The van der Waals surface area contributed by atoms with Gasteiger partial charge in [-0.05, 0) is 17.7 Å². The minimum Gasteiger partial charge on any atom is -0.491 e. The molecule has 1 aromatic rings. The van der Waals surface area contributed by atoms with Crippen LogP contribution in [0.15, 0.2) is 24.3 Å². The van der Waals surface area contributed by atoms with Crippen LogP contribution in [0.4, 0.5) is 0 Å². The van der Waals surface area contributed by atoms with Gasteiger partial charge in [0.2, 0.25) is 5.91 Å². The number of carbonyl (C=O) groups excluding carboxylic acids is 1. The van der Waals surface area contributed by atoms with Gasteiger partial charge in [0, 0.05) is 6.54 Å². The molecule has 0 saturated carbocycles. The molecule has 0 aliphatic rings. The maximum absolute atomic E-state index is 10.7. The second kappa shape index (κ2) is 6.09. The van der Waals surface area contributed by atoms with E-state index in [0.29, 0.717) is 5.75 Å². The zero-order chi connectivity index (χ0) is 12.0. The molecule has 0 fully saturated rings. The summed E-state index contributed by atoms with van der Waals surface area (Å²) in [5.41, 5.74) is 11.1. The maximum Gasteiger partial charge on any atom is 0.221 e. The highest BCUT2D eigenvalue weighted by Crippen LogP contribution is 2.12. The molecule has 0 spiro atoms. The number of primary amides is 1. The van der Waals surface area contributed by atoms with Crippen LogP contribution in [0.2, 0.25) is 0 Å². The number of rotatable bonds is 6. The van der Waals surface area contributed by atoms with E-state index >= 15 is 0 Å². The summed E-state index contributed by atoms with van der Waals surface area (Å²) in [6.45, 7) is 0.325. The van der Waals surface area contributed by atoms with Crippen LogP contribution in [0, 0.1) is 0 Å². The molecule has 0 aliphatic heterocycles. The summed E-state index contributed by atoms with van der Waals surface area (Å²) in [5.74, 6) is 0.257. The van der Waals surface area contributed by atoms with Crippen molar-refractivity contribution in [3.8, 4) is 5.75 Å². The summed E-state index contributed by atoms with van der Waals surface area (Å²) in [5, 5.41) is 9.18. The Bertz CT molecular complexity index is 338. The Morgan fingerprint density at radius 2 is 2.00 bits per heavy atom. The highest BCUT2D eigenvalue weighted by molar-refractivity contribution is 5.76. The van der Waals surface area contributed by atoms with Gasteiger partial charge in [-0.25, -0.2) is 0 Å². The molecule has 0 saturated heterocycles. The van der Waals surface area contributed by atoms with E-state index < -0.39 is 6.10 Å². The van der Waals surface area contributed by atoms with E-state index in [-0.39, 0.29) is 25.5 Å². The molecule has 0 bridgehead atoms. The number of aliphatic hydroxyl groups excluding tert-OH is 1. The minimum absolute atomic E-state index is 0.158. The summed E-state index contributed by atoms with van der Waals surface area (Å²) in [7, 11) is 0. The molecule has 5 heteroatoms. The van der Waals surface area contributed by atoms with E-state index in [0.717, 1.165) is 5.56 Å². The summed E-state index contributed by atoms with van der Waals surface area (Å²) >= 11 is 0. The lowest BCUT2D eigenvalue weighted by Gasteiger charge is -2.10.